The smallest absolute Gasteiger partial charge is 0.220 e. The van der Waals surface area contributed by atoms with E-state index in [1.807, 2.05) is 13.8 Å². The molecule has 3 N–H and O–H groups in total. The van der Waals surface area contributed by atoms with Crippen molar-refractivity contribution >= 4 is 39.7 Å². The molecule has 3 nitrogen and oxygen atoms in total. The number of nitrogens with two attached hydrogens (primary N) is 1. The SMILES string of the molecule is CC(C)(N)CNC(=O)CCCc1csc2ccccc12.Cl. The van der Waals surface area contributed by atoms with Crippen LogP contribution in [-0.4, -0.2) is 18.0 Å². The van der Waals surface area contributed by atoms with Gasteiger partial charge in [-0.3, -0.25) is 4.79 Å². The number of carbonyl (C=O) groups excluding carboxylic acids is 1. The molecule has 0 bridgehead atoms. The maximum Gasteiger partial charge on any atom is 0.220 e. The molecule has 0 aliphatic heterocycles. The zero-order valence-corrected chi connectivity index (χ0v) is 14.2. The largest absolute Gasteiger partial charge is 0.354 e. The summed E-state index contributed by atoms with van der Waals surface area (Å²) in [5, 5.41) is 6.40. The number of fused-ring (bicyclic) bond motifs is 1. The molecular formula is C16H23ClN2OS. The fourth-order valence-corrected chi connectivity index (χ4v) is 3.08. The summed E-state index contributed by atoms with van der Waals surface area (Å²) in [5.74, 6) is 0.0862. The van der Waals surface area contributed by atoms with Crippen molar-refractivity contribution in [1.82, 2.24) is 5.32 Å². The molecule has 0 aliphatic rings. The van der Waals surface area contributed by atoms with Crippen LogP contribution < -0.4 is 11.1 Å². The number of nitrogens with one attached hydrogen (secondary N) is 1. The molecule has 0 saturated carbocycles. The lowest BCUT2D eigenvalue weighted by molar-refractivity contribution is -0.121. The number of thiophene rings is 1. The van der Waals surface area contributed by atoms with Crippen molar-refractivity contribution in [3.63, 3.8) is 0 Å². The minimum Gasteiger partial charge on any atom is -0.354 e. The van der Waals surface area contributed by atoms with Gasteiger partial charge in [-0.1, -0.05) is 18.2 Å². The Hall–Kier alpha value is -1.10. The highest BCUT2D eigenvalue weighted by Gasteiger charge is 2.12. The number of halogens is 1. The molecule has 1 amide bonds. The third kappa shape index (κ3) is 5.65. The molecule has 5 heteroatoms. The van der Waals surface area contributed by atoms with Crippen LogP contribution >= 0.6 is 23.7 Å². The topological polar surface area (TPSA) is 55.1 Å². The van der Waals surface area contributed by atoms with Gasteiger partial charge in [-0.15, -0.1) is 23.7 Å². The summed E-state index contributed by atoms with van der Waals surface area (Å²) in [5.41, 5.74) is 6.84. The average molecular weight is 327 g/mol. The highest BCUT2D eigenvalue weighted by molar-refractivity contribution is 7.17. The first kappa shape index (κ1) is 18.0. The van der Waals surface area contributed by atoms with Crippen LogP contribution in [0, 0.1) is 0 Å². The van der Waals surface area contributed by atoms with Crippen molar-refractivity contribution in [2.24, 2.45) is 5.73 Å². The molecule has 0 fully saturated rings. The molecule has 0 atom stereocenters. The first-order valence-electron chi connectivity index (χ1n) is 6.96. The van der Waals surface area contributed by atoms with Crippen LogP contribution in [0.15, 0.2) is 29.6 Å². The fourth-order valence-electron chi connectivity index (χ4n) is 2.08. The zero-order valence-electron chi connectivity index (χ0n) is 12.5. The van der Waals surface area contributed by atoms with Crippen LogP contribution in [0.4, 0.5) is 0 Å². The van der Waals surface area contributed by atoms with Crippen molar-refractivity contribution in [2.75, 3.05) is 6.54 Å². The minimum atomic E-state index is -0.348. The number of carbonyl (C=O) groups is 1. The van der Waals surface area contributed by atoms with Crippen LogP contribution in [0.25, 0.3) is 10.1 Å². The summed E-state index contributed by atoms with van der Waals surface area (Å²) in [6.45, 7) is 4.34. The predicted octanol–water partition coefficient (Wildman–Crippen LogP) is 3.50. The Morgan fingerprint density at radius 1 is 1.33 bits per heavy atom. The summed E-state index contributed by atoms with van der Waals surface area (Å²) >= 11 is 1.77. The fraction of sp³-hybridized carbons (Fsp3) is 0.438. The Balaban J connectivity index is 0.00000220. The molecule has 0 unspecified atom stereocenters. The van der Waals surface area contributed by atoms with E-state index in [-0.39, 0.29) is 23.9 Å². The Bertz CT molecular complexity index is 589. The second-order valence-corrected chi connectivity index (χ2v) is 6.79. The first-order chi connectivity index (χ1) is 9.46. The van der Waals surface area contributed by atoms with E-state index in [0.29, 0.717) is 13.0 Å². The van der Waals surface area contributed by atoms with Gasteiger partial charge in [0.25, 0.3) is 0 Å². The van der Waals surface area contributed by atoms with E-state index >= 15 is 0 Å². The van der Waals surface area contributed by atoms with Gasteiger partial charge in [0, 0.05) is 23.2 Å². The van der Waals surface area contributed by atoms with Gasteiger partial charge < -0.3 is 11.1 Å². The summed E-state index contributed by atoms with van der Waals surface area (Å²) in [6.07, 6.45) is 2.38. The van der Waals surface area contributed by atoms with Crippen LogP contribution in [0.2, 0.25) is 0 Å². The van der Waals surface area contributed by atoms with Gasteiger partial charge >= 0.3 is 0 Å². The van der Waals surface area contributed by atoms with E-state index in [9.17, 15) is 4.79 Å². The number of aryl methyl sites for hydroxylation is 1. The van der Waals surface area contributed by atoms with Gasteiger partial charge in [0.15, 0.2) is 0 Å². The Labute approximate surface area is 136 Å². The molecule has 0 radical (unpaired) electrons. The van der Waals surface area contributed by atoms with Gasteiger partial charge in [0.1, 0.15) is 0 Å². The Morgan fingerprint density at radius 3 is 2.76 bits per heavy atom. The zero-order chi connectivity index (χ0) is 14.6. The van der Waals surface area contributed by atoms with E-state index in [1.165, 1.54) is 15.6 Å². The molecule has 1 aromatic heterocycles. The Kier molecular flexibility index (Phi) is 6.65. The highest BCUT2D eigenvalue weighted by atomic mass is 35.5. The summed E-state index contributed by atoms with van der Waals surface area (Å²) in [4.78, 5) is 11.7. The maximum absolute atomic E-state index is 11.7. The van der Waals surface area contributed by atoms with E-state index in [2.05, 4.69) is 35.0 Å². The van der Waals surface area contributed by atoms with Crippen molar-refractivity contribution < 1.29 is 4.79 Å². The highest BCUT2D eigenvalue weighted by Crippen LogP contribution is 2.26. The average Bonchev–Trinajstić information content (AvgIpc) is 2.79. The van der Waals surface area contributed by atoms with Gasteiger partial charge in [-0.25, -0.2) is 0 Å². The first-order valence-corrected chi connectivity index (χ1v) is 7.84. The summed E-state index contributed by atoms with van der Waals surface area (Å²) < 4.78 is 1.32. The quantitative estimate of drug-likeness (QED) is 0.853. The van der Waals surface area contributed by atoms with E-state index in [0.717, 1.165) is 12.8 Å². The van der Waals surface area contributed by atoms with Crippen molar-refractivity contribution in [1.29, 1.82) is 0 Å². The maximum atomic E-state index is 11.7. The summed E-state index contributed by atoms with van der Waals surface area (Å²) in [7, 11) is 0. The normalized spacial score (nSPS) is 11.2. The van der Waals surface area contributed by atoms with E-state index in [4.69, 9.17) is 5.73 Å². The monoisotopic (exact) mass is 326 g/mol. The number of hydrogen-bond acceptors (Lipinski definition) is 3. The lowest BCUT2D eigenvalue weighted by Crippen LogP contribution is -2.45. The third-order valence-electron chi connectivity index (χ3n) is 3.15. The summed E-state index contributed by atoms with van der Waals surface area (Å²) in [6, 6.07) is 8.41. The predicted molar refractivity (Wildman–Crippen MR) is 93.3 cm³/mol. The minimum absolute atomic E-state index is 0. The second-order valence-electron chi connectivity index (χ2n) is 5.88. The van der Waals surface area contributed by atoms with Crippen LogP contribution in [-0.2, 0) is 11.2 Å². The van der Waals surface area contributed by atoms with Gasteiger partial charge in [0.2, 0.25) is 5.91 Å². The van der Waals surface area contributed by atoms with Crippen molar-refractivity contribution in [3.05, 3.63) is 35.2 Å². The van der Waals surface area contributed by atoms with Gasteiger partial charge in [-0.05, 0) is 49.1 Å². The second kappa shape index (κ2) is 7.78. The lowest BCUT2D eigenvalue weighted by atomic mass is 10.1. The molecule has 1 aromatic carbocycles. The van der Waals surface area contributed by atoms with E-state index < -0.39 is 0 Å². The number of hydrogen-bond donors (Lipinski definition) is 2. The van der Waals surface area contributed by atoms with Crippen LogP contribution in [0.3, 0.4) is 0 Å². The molecule has 21 heavy (non-hydrogen) atoms. The molecule has 0 spiro atoms. The standard InChI is InChI=1S/C16H22N2OS.ClH/c1-16(2,17)11-18-15(19)9-5-6-12-10-20-14-8-4-3-7-13(12)14;/h3-4,7-8,10H,5-6,9,11,17H2,1-2H3,(H,18,19);1H. The molecule has 1 heterocycles. The lowest BCUT2D eigenvalue weighted by Gasteiger charge is -2.18. The molecule has 2 rings (SSSR count). The molecular weight excluding hydrogens is 304 g/mol. The molecule has 0 saturated heterocycles. The Morgan fingerprint density at radius 2 is 2.05 bits per heavy atom. The van der Waals surface area contributed by atoms with Crippen molar-refractivity contribution in [2.45, 2.75) is 38.6 Å². The van der Waals surface area contributed by atoms with Crippen LogP contribution in [0.5, 0.6) is 0 Å². The van der Waals surface area contributed by atoms with Crippen molar-refractivity contribution in [3.8, 4) is 0 Å². The van der Waals surface area contributed by atoms with Gasteiger partial charge in [0.05, 0.1) is 0 Å². The van der Waals surface area contributed by atoms with Gasteiger partial charge in [-0.2, -0.15) is 0 Å². The molecule has 0 aliphatic carbocycles. The number of rotatable bonds is 6. The van der Waals surface area contributed by atoms with E-state index in [1.54, 1.807) is 11.3 Å². The molecule has 2 aromatic rings. The molecule has 116 valence electrons. The third-order valence-corrected chi connectivity index (χ3v) is 4.16. The number of amides is 1. The number of benzene rings is 1. The van der Waals surface area contributed by atoms with Crippen LogP contribution in [0.1, 0.15) is 32.3 Å².